The molecule has 0 spiro atoms. The summed E-state index contributed by atoms with van der Waals surface area (Å²) in [5, 5.41) is 6.25. The van der Waals surface area contributed by atoms with Crippen molar-refractivity contribution >= 4 is 11.6 Å². The van der Waals surface area contributed by atoms with E-state index in [1.807, 2.05) is 18.2 Å². The van der Waals surface area contributed by atoms with Crippen LogP contribution in [0.3, 0.4) is 0 Å². The second-order valence-electron chi connectivity index (χ2n) is 6.09. The normalized spacial score (nSPS) is 20.3. The van der Waals surface area contributed by atoms with E-state index in [1.165, 1.54) is 0 Å². The number of carbonyl (C=O) groups excluding carboxylic acids is 1. The molecule has 1 saturated heterocycles. The molecule has 1 aliphatic heterocycles. The van der Waals surface area contributed by atoms with Gasteiger partial charge in [0.15, 0.2) is 11.5 Å². The Morgan fingerprint density at radius 3 is 2.48 bits per heavy atom. The van der Waals surface area contributed by atoms with Crippen LogP contribution < -0.4 is 20.1 Å². The van der Waals surface area contributed by atoms with E-state index >= 15 is 0 Å². The van der Waals surface area contributed by atoms with Crippen molar-refractivity contribution in [3.63, 3.8) is 0 Å². The van der Waals surface area contributed by atoms with Gasteiger partial charge < -0.3 is 20.1 Å². The predicted octanol–water partition coefficient (Wildman–Crippen LogP) is 3.06. The van der Waals surface area contributed by atoms with Crippen molar-refractivity contribution in [2.24, 2.45) is 11.8 Å². The Morgan fingerprint density at radius 2 is 1.87 bits per heavy atom. The van der Waals surface area contributed by atoms with Gasteiger partial charge in [0, 0.05) is 18.3 Å². The van der Waals surface area contributed by atoms with Crippen molar-refractivity contribution in [1.29, 1.82) is 0 Å². The number of rotatable bonds is 8. The fourth-order valence-electron chi connectivity index (χ4n) is 2.64. The van der Waals surface area contributed by atoms with Gasteiger partial charge in [-0.2, -0.15) is 0 Å². The van der Waals surface area contributed by atoms with Crippen LogP contribution in [0.15, 0.2) is 18.2 Å². The average molecular weight is 320 g/mol. The standard InChI is InChI=1S/C18H28N2O3/c1-4-8-22-16-7-6-14(10-17(16)23-9-5-2)20-18(21)15-12-19-11-13(15)3/h6-7,10,13,15,19H,4-5,8-9,11-12H2,1-3H3,(H,20,21)/t13-,15-/m1/s1. The zero-order valence-electron chi connectivity index (χ0n) is 14.4. The summed E-state index contributed by atoms with van der Waals surface area (Å²) in [5.74, 6) is 1.86. The summed E-state index contributed by atoms with van der Waals surface area (Å²) in [6.45, 7) is 9.14. The largest absolute Gasteiger partial charge is 0.490 e. The lowest BCUT2D eigenvalue weighted by molar-refractivity contribution is -0.120. The van der Waals surface area contributed by atoms with E-state index in [-0.39, 0.29) is 11.8 Å². The first-order valence-electron chi connectivity index (χ1n) is 8.56. The third-order valence-electron chi connectivity index (χ3n) is 3.99. The summed E-state index contributed by atoms with van der Waals surface area (Å²) in [6.07, 6.45) is 1.87. The molecule has 1 aliphatic rings. The van der Waals surface area contributed by atoms with Gasteiger partial charge in [-0.05, 0) is 37.4 Å². The number of hydrogen-bond acceptors (Lipinski definition) is 4. The van der Waals surface area contributed by atoms with E-state index in [9.17, 15) is 4.79 Å². The Balaban J connectivity index is 2.07. The molecule has 0 radical (unpaired) electrons. The molecule has 1 aromatic rings. The van der Waals surface area contributed by atoms with Crippen LogP contribution in [0.5, 0.6) is 11.5 Å². The summed E-state index contributed by atoms with van der Waals surface area (Å²) in [7, 11) is 0. The maximum atomic E-state index is 12.4. The minimum atomic E-state index is 0.0195. The van der Waals surface area contributed by atoms with Crippen LogP contribution in [-0.2, 0) is 4.79 Å². The van der Waals surface area contributed by atoms with Crippen molar-refractivity contribution in [1.82, 2.24) is 5.32 Å². The fourth-order valence-corrected chi connectivity index (χ4v) is 2.64. The molecule has 1 heterocycles. The molecule has 2 rings (SSSR count). The van der Waals surface area contributed by atoms with Gasteiger partial charge in [-0.1, -0.05) is 20.8 Å². The number of amides is 1. The van der Waals surface area contributed by atoms with Crippen molar-refractivity contribution < 1.29 is 14.3 Å². The van der Waals surface area contributed by atoms with Gasteiger partial charge in [0.1, 0.15) is 0 Å². The van der Waals surface area contributed by atoms with Crippen LogP contribution in [0.2, 0.25) is 0 Å². The average Bonchev–Trinajstić information content (AvgIpc) is 2.98. The van der Waals surface area contributed by atoms with Crippen LogP contribution in [0.4, 0.5) is 5.69 Å². The molecular formula is C18H28N2O3. The molecule has 0 bridgehead atoms. The molecule has 23 heavy (non-hydrogen) atoms. The molecule has 5 heteroatoms. The van der Waals surface area contributed by atoms with Crippen molar-refractivity contribution in [2.75, 3.05) is 31.6 Å². The summed E-state index contributed by atoms with van der Waals surface area (Å²) < 4.78 is 11.5. The minimum Gasteiger partial charge on any atom is -0.490 e. The van der Waals surface area contributed by atoms with Gasteiger partial charge in [0.25, 0.3) is 0 Å². The SMILES string of the molecule is CCCOc1ccc(NC(=O)[C@@H]2CNC[C@H]2C)cc1OCCC. The van der Waals surface area contributed by atoms with Gasteiger partial charge in [0.05, 0.1) is 19.1 Å². The Hall–Kier alpha value is -1.75. The summed E-state index contributed by atoms with van der Waals surface area (Å²) in [4.78, 5) is 12.4. The van der Waals surface area contributed by atoms with E-state index in [1.54, 1.807) is 0 Å². The van der Waals surface area contributed by atoms with Gasteiger partial charge in [-0.25, -0.2) is 0 Å². The molecule has 128 valence electrons. The van der Waals surface area contributed by atoms with Gasteiger partial charge in [-0.3, -0.25) is 4.79 Å². The highest BCUT2D eigenvalue weighted by Crippen LogP contribution is 2.31. The Morgan fingerprint density at radius 1 is 1.17 bits per heavy atom. The van der Waals surface area contributed by atoms with Crippen LogP contribution in [-0.4, -0.2) is 32.2 Å². The molecule has 2 atom stereocenters. The molecule has 0 unspecified atom stereocenters. The topological polar surface area (TPSA) is 59.6 Å². The van der Waals surface area contributed by atoms with Crippen molar-refractivity contribution in [3.8, 4) is 11.5 Å². The first-order valence-corrected chi connectivity index (χ1v) is 8.56. The molecule has 0 saturated carbocycles. The number of anilines is 1. The Kier molecular flexibility index (Phi) is 6.71. The molecule has 5 nitrogen and oxygen atoms in total. The molecular weight excluding hydrogens is 292 g/mol. The monoisotopic (exact) mass is 320 g/mol. The summed E-state index contributed by atoms with van der Waals surface area (Å²) in [5.41, 5.74) is 0.754. The van der Waals surface area contributed by atoms with E-state index < -0.39 is 0 Å². The fraction of sp³-hybridized carbons (Fsp3) is 0.611. The second kappa shape index (κ2) is 8.77. The smallest absolute Gasteiger partial charge is 0.229 e. The van der Waals surface area contributed by atoms with Crippen LogP contribution in [0.1, 0.15) is 33.6 Å². The number of ether oxygens (including phenoxy) is 2. The highest BCUT2D eigenvalue weighted by atomic mass is 16.5. The van der Waals surface area contributed by atoms with Gasteiger partial charge in [0.2, 0.25) is 5.91 Å². The van der Waals surface area contributed by atoms with Gasteiger partial charge >= 0.3 is 0 Å². The first-order chi connectivity index (χ1) is 11.2. The summed E-state index contributed by atoms with van der Waals surface area (Å²) in [6, 6.07) is 5.59. The maximum absolute atomic E-state index is 12.4. The number of carbonyl (C=O) groups is 1. The number of nitrogens with one attached hydrogen (secondary N) is 2. The molecule has 0 aliphatic carbocycles. The lowest BCUT2D eigenvalue weighted by Gasteiger charge is -2.16. The lowest BCUT2D eigenvalue weighted by Crippen LogP contribution is -2.27. The minimum absolute atomic E-state index is 0.0195. The highest BCUT2D eigenvalue weighted by molar-refractivity contribution is 5.93. The Labute approximate surface area is 138 Å². The van der Waals surface area contributed by atoms with E-state index in [0.717, 1.165) is 37.4 Å². The third kappa shape index (κ3) is 4.86. The predicted molar refractivity (Wildman–Crippen MR) is 92.2 cm³/mol. The van der Waals surface area contributed by atoms with E-state index in [0.29, 0.717) is 24.9 Å². The number of benzene rings is 1. The molecule has 2 N–H and O–H groups in total. The maximum Gasteiger partial charge on any atom is 0.229 e. The molecule has 1 fully saturated rings. The lowest BCUT2D eigenvalue weighted by atomic mass is 9.97. The van der Waals surface area contributed by atoms with Crippen molar-refractivity contribution in [2.45, 2.75) is 33.6 Å². The number of hydrogen-bond donors (Lipinski definition) is 2. The highest BCUT2D eigenvalue weighted by Gasteiger charge is 2.29. The van der Waals surface area contributed by atoms with Crippen molar-refractivity contribution in [3.05, 3.63) is 18.2 Å². The first kappa shape index (κ1) is 17.6. The van der Waals surface area contributed by atoms with Crippen LogP contribution in [0.25, 0.3) is 0 Å². The quantitative estimate of drug-likeness (QED) is 0.773. The molecule has 0 aromatic heterocycles. The Bertz CT molecular complexity index is 519. The van der Waals surface area contributed by atoms with Gasteiger partial charge in [-0.15, -0.1) is 0 Å². The zero-order valence-corrected chi connectivity index (χ0v) is 14.4. The van der Waals surface area contributed by atoms with Crippen LogP contribution in [0, 0.1) is 11.8 Å². The zero-order chi connectivity index (χ0) is 16.7. The van der Waals surface area contributed by atoms with Crippen LogP contribution >= 0.6 is 0 Å². The molecule has 1 aromatic carbocycles. The summed E-state index contributed by atoms with van der Waals surface area (Å²) >= 11 is 0. The second-order valence-corrected chi connectivity index (χ2v) is 6.09. The van der Waals surface area contributed by atoms with E-state index in [2.05, 4.69) is 31.4 Å². The molecule has 1 amide bonds. The van der Waals surface area contributed by atoms with E-state index in [4.69, 9.17) is 9.47 Å². The third-order valence-corrected chi connectivity index (χ3v) is 3.99.